The van der Waals surface area contributed by atoms with Gasteiger partial charge in [-0.05, 0) is 18.2 Å². The van der Waals surface area contributed by atoms with Crippen LogP contribution >= 0.6 is 0 Å². The predicted molar refractivity (Wildman–Crippen MR) is 68.4 cm³/mol. The van der Waals surface area contributed by atoms with Crippen LogP contribution in [0.5, 0.6) is 0 Å². The first-order chi connectivity index (χ1) is 9.04. The summed E-state index contributed by atoms with van der Waals surface area (Å²) in [7, 11) is -0.00145. The molecule has 0 spiro atoms. The van der Waals surface area contributed by atoms with E-state index in [1.165, 1.54) is 6.07 Å². The largest absolute Gasteiger partial charge is 0.391 e. The molecule has 1 rings (SSSR count). The summed E-state index contributed by atoms with van der Waals surface area (Å²) in [5.41, 5.74) is 0. The van der Waals surface area contributed by atoms with Crippen molar-refractivity contribution in [2.24, 2.45) is 0 Å². The van der Waals surface area contributed by atoms with Crippen molar-refractivity contribution in [3.63, 3.8) is 0 Å². The molecular formula is C12H17F2NO3S. The van der Waals surface area contributed by atoms with Crippen molar-refractivity contribution in [1.82, 2.24) is 5.32 Å². The number of hydrogen-bond donors (Lipinski definition) is 2. The minimum Gasteiger partial charge on any atom is -0.391 e. The molecule has 7 heteroatoms. The van der Waals surface area contributed by atoms with E-state index in [0.717, 1.165) is 12.1 Å². The molecular weight excluding hydrogens is 276 g/mol. The summed E-state index contributed by atoms with van der Waals surface area (Å²) in [6, 6.07) is 3.06. The highest BCUT2D eigenvalue weighted by molar-refractivity contribution is 7.85. The third-order valence-electron chi connectivity index (χ3n) is 2.36. The van der Waals surface area contributed by atoms with Gasteiger partial charge in [0.2, 0.25) is 0 Å². The van der Waals surface area contributed by atoms with Gasteiger partial charge in [0, 0.05) is 25.1 Å². The van der Waals surface area contributed by atoms with Gasteiger partial charge in [-0.25, -0.2) is 8.78 Å². The van der Waals surface area contributed by atoms with E-state index in [1.54, 1.807) is 7.11 Å². The standard InChI is InChI=1S/C12H17F2NO3S/c1-18-5-4-15-7-9(16)8-19(17)10-2-3-11(13)12(14)6-10/h2-3,6,9,15-16H,4-5,7-8H2,1H3. The number of aliphatic hydroxyl groups excluding tert-OH is 1. The molecule has 0 fully saturated rings. The Hall–Kier alpha value is -0.890. The summed E-state index contributed by atoms with van der Waals surface area (Å²) < 4.78 is 42.3. The number of halogens is 2. The van der Waals surface area contributed by atoms with E-state index in [4.69, 9.17) is 4.74 Å². The van der Waals surface area contributed by atoms with E-state index < -0.39 is 28.5 Å². The van der Waals surface area contributed by atoms with Gasteiger partial charge in [-0.2, -0.15) is 0 Å². The van der Waals surface area contributed by atoms with Crippen LogP contribution in [-0.4, -0.2) is 48.0 Å². The number of methoxy groups -OCH3 is 1. The number of nitrogens with one attached hydrogen (secondary N) is 1. The molecule has 19 heavy (non-hydrogen) atoms. The van der Waals surface area contributed by atoms with Crippen molar-refractivity contribution in [2.75, 3.05) is 32.6 Å². The van der Waals surface area contributed by atoms with Gasteiger partial charge in [0.15, 0.2) is 11.6 Å². The first kappa shape index (κ1) is 16.2. The third-order valence-corrected chi connectivity index (χ3v) is 3.83. The SMILES string of the molecule is COCCNCC(O)CS(=O)c1ccc(F)c(F)c1. The Morgan fingerprint density at radius 1 is 1.42 bits per heavy atom. The quantitative estimate of drug-likeness (QED) is 0.692. The first-order valence-electron chi connectivity index (χ1n) is 5.75. The predicted octanol–water partition coefficient (Wildman–Crippen LogP) is 0.669. The Morgan fingerprint density at radius 2 is 2.16 bits per heavy atom. The van der Waals surface area contributed by atoms with Crippen LogP contribution < -0.4 is 5.32 Å². The fourth-order valence-electron chi connectivity index (χ4n) is 1.39. The minimum absolute atomic E-state index is 0.0367. The summed E-state index contributed by atoms with van der Waals surface area (Å²) in [4.78, 5) is 0.162. The lowest BCUT2D eigenvalue weighted by Crippen LogP contribution is -2.32. The maximum Gasteiger partial charge on any atom is 0.160 e. The number of benzene rings is 1. The zero-order valence-electron chi connectivity index (χ0n) is 10.6. The second-order valence-corrected chi connectivity index (χ2v) is 5.43. The maximum absolute atomic E-state index is 13.0. The normalized spacial score (nSPS) is 14.3. The fourth-order valence-corrected chi connectivity index (χ4v) is 2.51. The molecule has 0 aliphatic rings. The van der Waals surface area contributed by atoms with Crippen LogP contribution in [0.25, 0.3) is 0 Å². The van der Waals surface area contributed by atoms with Crippen LogP contribution in [0.3, 0.4) is 0 Å². The van der Waals surface area contributed by atoms with Crippen LogP contribution in [0, 0.1) is 11.6 Å². The average Bonchev–Trinajstić information content (AvgIpc) is 2.38. The molecule has 0 aliphatic carbocycles. The van der Waals surface area contributed by atoms with Gasteiger partial charge >= 0.3 is 0 Å². The van der Waals surface area contributed by atoms with Crippen LogP contribution in [0.15, 0.2) is 23.1 Å². The lowest BCUT2D eigenvalue weighted by atomic mass is 10.3. The molecule has 2 unspecified atom stereocenters. The summed E-state index contributed by atoms with van der Waals surface area (Å²) in [6.45, 7) is 1.35. The Bertz CT molecular complexity index is 431. The molecule has 0 aliphatic heterocycles. The zero-order chi connectivity index (χ0) is 14.3. The molecule has 0 bridgehead atoms. The Labute approximate surface area is 113 Å². The molecule has 108 valence electrons. The summed E-state index contributed by atoms with van der Waals surface area (Å²) in [6.07, 6.45) is -0.828. The summed E-state index contributed by atoms with van der Waals surface area (Å²) >= 11 is 0. The highest BCUT2D eigenvalue weighted by Crippen LogP contribution is 2.13. The maximum atomic E-state index is 13.0. The minimum atomic E-state index is -1.57. The van der Waals surface area contributed by atoms with Gasteiger partial charge in [0.25, 0.3) is 0 Å². The number of hydrogen-bond acceptors (Lipinski definition) is 4. The van der Waals surface area contributed by atoms with Gasteiger partial charge in [-0.1, -0.05) is 0 Å². The van der Waals surface area contributed by atoms with Crippen molar-refractivity contribution < 1.29 is 22.8 Å². The summed E-state index contributed by atoms with van der Waals surface area (Å²) in [5, 5.41) is 12.6. The van der Waals surface area contributed by atoms with Crippen LogP contribution in [0.1, 0.15) is 0 Å². The highest BCUT2D eigenvalue weighted by Gasteiger charge is 2.13. The van der Waals surface area contributed by atoms with E-state index in [1.807, 2.05) is 0 Å². The molecule has 0 aromatic heterocycles. The lowest BCUT2D eigenvalue weighted by molar-refractivity contribution is 0.174. The van der Waals surface area contributed by atoms with Gasteiger partial charge in [-0.3, -0.25) is 4.21 Å². The molecule has 0 saturated carbocycles. The van der Waals surface area contributed by atoms with Crippen LogP contribution in [0.2, 0.25) is 0 Å². The van der Waals surface area contributed by atoms with Crippen molar-refractivity contribution in [1.29, 1.82) is 0 Å². The van der Waals surface area contributed by atoms with Gasteiger partial charge in [-0.15, -0.1) is 0 Å². The molecule has 0 saturated heterocycles. The van der Waals surface area contributed by atoms with E-state index >= 15 is 0 Å². The molecule has 1 aromatic carbocycles. The second-order valence-electron chi connectivity index (χ2n) is 3.94. The van der Waals surface area contributed by atoms with Crippen molar-refractivity contribution in [3.8, 4) is 0 Å². The van der Waals surface area contributed by atoms with Crippen LogP contribution in [0.4, 0.5) is 8.78 Å². The Kier molecular flexibility index (Phi) is 7.07. The first-order valence-corrected chi connectivity index (χ1v) is 7.07. The second kappa shape index (κ2) is 8.31. The van der Waals surface area contributed by atoms with Crippen molar-refractivity contribution >= 4 is 10.8 Å². The van der Waals surface area contributed by atoms with E-state index in [2.05, 4.69) is 5.32 Å². The molecule has 2 N–H and O–H groups in total. The van der Waals surface area contributed by atoms with Crippen molar-refractivity contribution in [3.05, 3.63) is 29.8 Å². The number of aliphatic hydroxyl groups is 1. The fraction of sp³-hybridized carbons (Fsp3) is 0.500. The third kappa shape index (κ3) is 5.73. The lowest BCUT2D eigenvalue weighted by Gasteiger charge is -2.11. The van der Waals surface area contributed by atoms with Gasteiger partial charge in [0.05, 0.1) is 29.3 Å². The highest BCUT2D eigenvalue weighted by atomic mass is 32.2. The molecule has 0 heterocycles. The molecule has 0 amide bonds. The number of rotatable bonds is 8. The van der Waals surface area contributed by atoms with E-state index in [9.17, 15) is 18.1 Å². The number of ether oxygens (including phenoxy) is 1. The van der Waals surface area contributed by atoms with Gasteiger partial charge in [0.1, 0.15) is 0 Å². The summed E-state index contributed by atoms with van der Waals surface area (Å²) in [5.74, 6) is -2.06. The Morgan fingerprint density at radius 3 is 2.79 bits per heavy atom. The zero-order valence-corrected chi connectivity index (χ0v) is 11.4. The monoisotopic (exact) mass is 293 g/mol. The average molecular weight is 293 g/mol. The smallest absolute Gasteiger partial charge is 0.160 e. The Balaban J connectivity index is 2.43. The molecule has 1 aromatic rings. The van der Waals surface area contributed by atoms with E-state index in [0.29, 0.717) is 13.2 Å². The van der Waals surface area contributed by atoms with E-state index in [-0.39, 0.29) is 17.2 Å². The molecule has 2 atom stereocenters. The van der Waals surface area contributed by atoms with Crippen molar-refractivity contribution in [2.45, 2.75) is 11.0 Å². The van der Waals surface area contributed by atoms with Crippen LogP contribution in [-0.2, 0) is 15.5 Å². The molecule has 4 nitrogen and oxygen atoms in total. The molecule has 0 radical (unpaired) electrons. The topological polar surface area (TPSA) is 58.6 Å². The van der Waals surface area contributed by atoms with Gasteiger partial charge < -0.3 is 15.2 Å².